The molecule has 0 amide bonds. The summed E-state index contributed by atoms with van der Waals surface area (Å²) < 4.78 is 16.3. The Hall–Kier alpha value is -1.42. The van der Waals surface area contributed by atoms with Crippen molar-refractivity contribution in [1.29, 1.82) is 0 Å². The maximum atomic E-state index is 13.9. The maximum Gasteiger partial charge on any atom is 0.151 e. The number of halogens is 1. The molecule has 3 nitrogen and oxygen atoms in total. The van der Waals surface area contributed by atoms with Crippen molar-refractivity contribution >= 4 is 11.0 Å². The van der Waals surface area contributed by atoms with E-state index in [0.29, 0.717) is 17.5 Å². The summed E-state index contributed by atoms with van der Waals surface area (Å²) in [5.41, 5.74) is 1.54. The number of rotatable bonds is 2. The van der Waals surface area contributed by atoms with Gasteiger partial charge in [-0.1, -0.05) is 6.07 Å². The number of para-hydroxylation sites is 1. The number of piperidine rings is 1. The number of hydrogen-bond acceptors (Lipinski definition) is 2. The van der Waals surface area contributed by atoms with Crippen LogP contribution in [0.3, 0.4) is 0 Å². The fourth-order valence-electron chi connectivity index (χ4n) is 3.19. The zero-order valence-corrected chi connectivity index (χ0v) is 10.9. The van der Waals surface area contributed by atoms with Crippen molar-refractivity contribution in [2.24, 2.45) is 0 Å². The number of nitrogens with zero attached hydrogens (tertiary/aromatic N) is 2. The molecule has 0 bridgehead atoms. The fourth-order valence-corrected chi connectivity index (χ4v) is 3.19. The summed E-state index contributed by atoms with van der Waals surface area (Å²) in [7, 11) is 0. The van der Waals surface area contributed by atoms with Crippen LogP contribution in [0.4, 0.5) is 4.39 Å². The molecule has 1 saturated carbocycles. The van der Waals surface area contributed by atoms with Gasteiger partial charge >= 0.3 is 0 Å². The van der Waals surface area contributed by atoms with Gasteiger partial charge < -0.3 is 9.88 Å². The van der Waals surface area contributed by atoms with Crippen molar-refractivity contribution in [2.45, 2.75) is 37.6 Å². The quantitative estimate of drug-likeness (QED) is 0.898. The first kappa shape index (κ1) is 11.4. The smallest absolute Gasteiger partial charge is 0.151 e. The second kappa shape index (κ2) is 4.30. The Morgan fingerprint density at radius 1 is 1.16 bits per heavy atom. The largest absolute Gasteiger partial charge is 0.325 e. The number of hydrogen-bond donors (Lipinski definition) is 1. The monoisotopic (exact) mass is 259 g/mol. The van der Waals surface area contributed by atoms with E-state index in [1.807, 2.05) is 6.07 Å². The summed E-state index contributed by atoms with van der Waals surface area (Å²) >= 11 is 0. The lowest BCUT2D eigenvalue weighted by Crippen LogP contribution is -2.28. The normalized spacial score (nSPS) is 21.1. The van der Waals surface area contributed by atoms with Crippen LogP contribution in [0.25, 0.3) is 11.0 Å². The molecule has 4 heteroatoms. The van der Waals surface area contributed by atoms with Crippen LogP contribution in [-0.4, -0.2) is 22.6 Å². The Balaban J connectivity index is 1.88. The zero-order chi connectivity index (χ0) is 12.8. The number of imidazole rings is 1. The standard InChI is InChI=1S/C15H18FN3/c16-12-2-1-3-13-14(12)18-15(19(13)11-4-5-11)10-6-8-17-9-7-10/h1-3,10-11,17H,4-9H2. The lowest BCUT2D eigenvalue weighted by atomic mass is 9.97. The van der Waals surface area contributed by atoms with Gasteiger partial charge in [0, 0.05) is 12.0 Å². The molecule has 1 aromatic heterocycles. The van der Waals surface area contributed by atoms with E-state index in [2.05, 4.69) is 14.9 Å². The van der Waals surface area contributed by atoms with Crippen LogP contribution in [0.2, 0.25) is 0 Å². The minimum atomic E-state index is -0.188. The average Bonchev–Trinajstić information content (AvgIpc) is 3.20. The van der Waals surface area contributed by atoms with Crippen LogP contribution in [0, 0.1) is 5.82 Å². The zero-order valence-electron chi connectivity index (χ0n) is 10.9. The molecule has 0 unspecified atom stereocenters. The molecule has 1 aliphatic carbocycles. The number of aromatic nitrogens is 2. The van der Waals surface area contributed by atoms with E-state index in [0.717, 1.165) is 37.3 Å². The van der Waals surface area contributed by atoms with E-state index in [1.54, 1.807) is 6.07 Å². The molecule has 0 atom stereocenters. The molecule has 1 aliphatic heterocycles. The Bertz CT molecular complexity index is 609. The van der Waals surface area contributed by atoms with Crippen LogP contribution in [0.5, 0.6) is 0 Å². The van der Waals surface area contributed by atoms with Gasteiger partial charge in [-0.15, -0.1) is 0 Å². The molecule has 0 spiro atoms. The number of benzene rings is 1. The second-order valence-electron chi connectivity index (χ2n) is 5.70. The van der Waals surface area contributed by atoms with Gasteiger partial charge in [0.25, 0.3) is 0 Å². The van der Waals surface area contributed by atoms with E-state index >= 15 is 0 Å². The van der Waals surface area contributed by atoms with Gasteiger partial charge in [0.15, 0.2) is 5.82 Å². The average molecular weight is 259 g/mol. The Labute approximate surface area is 111 Å². The van der Waals surface area contributed by atoms with Gasteiger partial charge in [0.05, 0.1) is 5.52 Å². The molecule has 2 fully saturated rings. The molecule has 0 radical (unpaired) electrons. The van der Waals surface area contributed by atoms with E-state index in [9.17, 15) is 4.39 Å². The van der Waals surface area contributed by atoms with Crippen molar-refractivity contribution in [3.63, 3.8) is 0 Å². The SMILES string of the molecule is Fc1cccc2c1nc(C1CCNCC1)n2C1CC1. The summed E-state index contributed by atoms with van der Waals surface area (Å²) in [5, 5.41) is 3.38. The molecular formula is C15H18FN3. The Morgan fingerprint density at radius 3 is 2.68 bits per heavy atom. The van der Waals surface area contributed by atoms with Crippen molar-refractivity contribution in [3.05, 3.63) is 29.8 Å². The second-order valence-corrected chi connectivity index (χ2v) is 5.70. The Kier molecular flexibility index (Phi) is 2.58. The minimum Gasteiger partial charge on any atom is -0.325 e. The molecule has 4 rings (SSSR count). The van der Waals surface area contributed by atoms with E-state index < -0.39 is 0 Å². The molecule has 1 N–H and O–H groups in total. The van der Waals surface area contributed by atoms with Gasteiger partial charge in [-0.25, -0.2) is 9.37 Å². The first-order valence-corrected chi connectivity index (χ1v) is 7.21. The van der Waals surface area contributed by atoms with Crippen LogP contribution >= 0.6 is 0 Å². The summed E-state index contributed by atoms with van der Waals surface area (Å²) in [6.45, 7) is 2.09. The molecule has 2 heterocycles. The summed E-state index contributed by atoms with van der Waals surface area (Å²) in [5.74, 6) is 1.41. The van der Waals surface area contributed by atoms with Crippen molar-refractivity contribution in [2.75, 3.05) is 13.1 Å². The van der Waals surface area contributed by atoms with Gasteiger partial charge in [-0.2, -0.15) is 0 Å². The predicted octanol–water partition coefficient (Wildman–Crippen LogP) is 2.98. The molecule has 1 saturated heterocycles. The van der Waals surface area contributed by atoms with Gasteiger partial charge in [-0.05, 0) is 50.9 Å². The molecule has 2 aromatic rings. The fraction of sp³-hybridized carbons (Fsp3) is 0.533. The summed E-state index contributed by atoms with van der Waals surface area (Å²) in [6.07, 6.45) is 4.63. The Morgan fingerprint density at radius 2 is 1.95 bits per heavy atom. The highest BCUT2D eigenvalue weighted by Gasteiger charge is 2.32. The van der Waals surface area contributed by atoms with Gasteiger partial charge in [-0.3, -0.25) is 0 Å². The molecule has 2 aliphatic rings. The summed E-state index contributed by atoms with van der Waals surface area (Å²) in [6, 6.07) is 5.87. The first-order chi connectivity index (χ1) is 9.34. The van der Waals surface area contributed by atoms with Crippen LogP contribution < -0.4 is 5.32 Å². The van der Waals surface area contributed by atoms with E-state index in [1.165, 1.54) is 18.9 Å². The third-order valence-corrected chi connectivity index (χ3v) is 4.31. The summed E-state index contributed by atoms with van der Waals surface area (Å²) in [4.78, 5) is 4.66. The first-order valence-electron chi connectivity index (χ1n) is 7.21. The van der Waals surface area contributed by atoms with Crippen molar-refractivity contribution in [3.8, 4) is 0 Å². The van der Waals surface area contributed by atoms with Gasteiger partial charge in [0.2, 0.25) is 0 Å². The molecule has 100 valence electrons. The topological polar surface area (TPSA) is 29.9 Å². The molecule has 19 heavy (non-hydrogen) atoms. The van der Waals surface area contributed by atoms with Crippen LogP contribution in [0.15, 0.2) is 18.2 Å². The van der Waals surface area contributed by atoms with E-state index in [-0.39, 0.29) is 5.82 Å². The van der Waals surface area contributed by atoms with Crippen LogP contribution in [0.1, 0.15) is 43.5 Å². The predicted molar refractivity (Wildman–Crippen MR) is 72.8 cm³/mol. The number of fused-ring (bicyclic) bond motifs is 1. The highest BCUT2D eigenvalue weighted by Crippen LogP contribution is 2.41. The van der Waals surface area contributed by atoms with E-state index in [4.69, 9.17) is 0 Å². The van der Waals surface area contributed by atoms with Gasteiger partial charge in [0.1, 0.15) is 11.3 Å². The highest BCUT2D eigenvalue weighted by atomic mass is 19.1. The lowest BCUT2D eigenvalue weighted by molar-refractivity contribution is 0.433. The highest BCUT2D eigenvalue weighted by molar-refractivity contribution is 5.77. The van der Waals surface area contributed by atoms with Crippen LogP contribution in [-0.2, 0) is 0 Å². The van der Waals surface area contributed by atoms with Crippen molar-refractivity contribution < 1.29 is 4.39 Å². The maximum absolute atomic E-state index is 13.9. The lowest BCUT2D eigenvalue weighted by Gasteiger charge is -2.23. The third kappa shape index (κ3) is 1.86. The van der Waals surface area contributed by atoms with Crippen molar-refractivity contribution in [1.82, 2.24) is 14.9 Å². The minimum absolute atomic E-state index is 0.188. The third-order valence-electron chi connectivity index (χ3n) is 4.31. The number of nitrogens with one attached hydrogen (secondary N) is 1. The molecule has 1 aromatic carbocycles. The molecular weight excluding hydrogens is 241 g/mol.